The number of alkyl halides is 6. The fraction of sp³-hybridized carbons (Fsp3) is 0.318. The van der Waals surface area contributed by atoms with Crippen molar-refractivity contribution in [1.29, 1.82) is 0 Å². The van der Waals surface area contributed by atoms with Gasteiger partial charge >= 0.3 is 18.4 Å². The highest BCUT2D eigenvalue weighted by molar-refractivity contribution is 5.60. The molecule has 0 atom stereocenters. The third-order valence-corrected chi connectivity index (χ3v) is 5.43. The highest BCUT2D eigenvalue weighted by atomic mass is 19.4. The van der Waals surface area contributed by atoms with Crippen molar-refractivity contribution >= 4 is 17.6 Å². The number of hydrogen-bond acceptors (Lipinski definition) is 6. The van der Waals surface area contributed by atoms with Gasteiger partial charge in [0.1, 0.15) is 6.61 Å². The maximum Gasteiger partial charge on any atom is 0.416 e. The molecule has 1 aliphatic rings. The third kappa shape index (κ3) is 5.15. The van der Waals surface area contributed by atoms with Gasteiger partial charge in [-0.15, -0.1) is 0 Å². The molecule has 1 heterocycles. The van der Waals surface area contributed by atoms with Crippen LogP contribution in [0.25, 0.3) is 0 Å². The second-order valence-electron chi connectivity index (χ2n) is 7.72. The summed E-state index contributed by atoms with van der Waals surface area (Å²) >= 11 is 0. The summed E-state index contributed by atoms with van der Waals surface area (Å²) in [5.41, 5.74) is 4.44. The number of nitrogens with zero attached hydrogens (tertiary/aromatic N) is 4. The van der Waals surface area contributed by atoms with Gasteiger partial charge in [-0.25, -0.2) is 0 Å². The predicted octanol–water partition coefficient (Wildman–Crippen LogP) is 5.76. The first-order chi connectivity index (χ1) is 16.0. The van der Waals surface area contributed by atoms with Gasteiger partial charge in [-0.2, -0.15) is 41.3 Å². The molecular formula is C22H19F6N5O. The van der Waals surface area contributed by atoms with Gasteiger partial charge < -0.3 is 15.4 Å². The van der Waals surface area contributed by atoms with Crippen LogP contribution in [-0.2, 0) is 19.0 Å². The summed E-state index contributed by atoms with van der Waals surface area (Å²) in [6.07, 6.45) is -6.62. The van der Waals surface area contributed by atoms with E-state index in [0.29, 0.717) is 5.69 Å². The number of aromatic nitrogens is 3. The summed E-state index contributed by atoms with van der Waals surface area (Å²) in [6, 6.07) is 9.08. The molecule has 12 heteroatoms. The summed E-state index contributed by atoms with van der Waals surface area (Å²) in [5.74, 6) is -0.198. The Morgan fingerprint density at radius 3 is 2.15 bits per heavy atom. The van der Waals surface area contributed by atoms with Crippen LogP contribution >= 0.6 is 0 Å². The molecule has 0 radical (unpaired) electrons. The van der Waals surface area contributed by atoms with Gasteiger partial charge in [0.15, 0.2) is 0 Å². The zero-order chi connectivity index (χ0) is 24.5. The number of halogens is 6. The van der Waals surface area contributed by atoms with Crippen molar-refractivity contribution in [1.82, 2.24) is 15.0 Å². The summed E-state index contributed by atoms with van der Waals surface area (Å²) < 4.78 is 84.0. The average molecular weight is 483 g/mol. The van der Waals surface area contributed by atoms with Crippen LogP contribution in [0.3, 0.4) is 0 Å². The molecule has 2 aromatic carbocycles. The molecule has 6 nitrogen and oxygen atoms in total. The van der Waals surface area contributed by atoms with Crippen molar-refractivity contribution in [3.63, 3.8) is 0 Å². The van der Waals surface area contributed by atoms with E-state index in [2.05, 4.69) is 15.0 Å². The molecule has 3 aromatic rings. The molecule has 180 valence electrons. The van der Waals surface area contributed by atoms with E-state index in [4.69, 9.17) is 10.5 Å². The maximum absolute atomic E-state index is 13.2. The Hall–Kier alpha value is -3.57. The zero-order valence-electron chi connectivity index (χ0n) is 17.6. The molecule has 0 spiro atoms. The minimum atomic E-state index is -4.56. The number of ether oxygens (including phenoxy) is 1. The minimum Gasteiger partial charge on any atom is -0.458 e. The van der Waals surface area contributed by atoms with E-state index in [1.807, 2.05) is 0 Å². The van der Waals surface area contributed by atoms with E-state index in [1.54, 1.807) is 4.90 Å². The number of rotatable bonds is 6. The Morgan fingerprint density at radius 2 is 1.56 bits per heavy atom. The summed E-state index contributed by atoms with van der Waals surface area (Å²) in [6.45, 7) is -0.470. The van der Waals surface area contributed by atoms with Crippen LogP contribution in [0.5, 0.6) is 6.01 Å². The molecule has 1 saturated carbocycles. The second-order valence-corrected chi connectivity index (χ2v) is 7.72. The lowest BCUT2D eigenvalue weighted by Gasteiger charge is -2.37. The topological polar surface area (TPSA) is 77.2 Å². The van der Waals surface area contributed by atoms with Crippen molar-refractivity contribution in [2.24, 2.45) is 0 Å². The smallest absolute Gasteiger partial charge is 0.416 e. The Bertz CT molecular complexity index is 1150. The molecule has 1 aliphatic carbocycles. The quantitative estimate of drug-likeness (QED) is 0.449. The molecule has 0 saturated heterocycles. The van der Waals surface area contributed by atoms with Gasteiger partial charge in [-0.1, -0.05) is 18.2 Å². The number of nitrogens with two attached hydrogens (primary N) is 1. The standard InChI is InChI=1S/C22H19F6N5O/c23-21(24,25)14-8-10-16(11-9-14)33(15-5-3-6-15)19-30-18(29)31-20(32-19)34-12-13-4-1-2-7-17(13)22(26,27)28/h1-2,4,7-11,15H,3,5-6,12H2,(H2,29,30,31,32). The van der Waals surface area contributed by atoms with E-state index in [-0.39, 0.29) is 29.5 Å². The number of anilines is 3. The first-order valence-electron chi connectivity index (χ1n) is 10.3. The normalized spacial score (nSPS) is 14.5. The van der Waals surface area contributed by atoms with Crippen molar-refractivity contribution in [3.05, 3.63) is 65.2 Å². The van der Waals surface area contributed by atoms with E-state index in [1.165, 1.54) is 30.3 Å². The number of hydrogen-bond donors (Lipinski definition) is 1. The Morgan fingerprint density at radius 1 is 0.882 bits per heavy atom. The van der Waals surface area contributed by atoms with Crippen LogP contribution in [0, 0.1) is 0 Å². The zero-order valence-corrected chi connectivity index (χ0v) is 17.6. The highest BCUT2D eigenvalue weighted by Gasteiger charge is 2.34. The number of nitrogen functional groups attached to an aromatic ring is 1. The molecule has 1 aromatic heterocycles. The van der Waals surface area contributed by atoms with Gasteiger partial charge in [0, 0.05) is 17.3 Å². The highest BCUT2D eigenvalue weighted by Crippen LogP contribution is 2.37. The van der Waals surface area contributed by atoms with Crippen LogP contribution < -0.4 is 15.4 Å². The van der Waals surface area contributed by atoms with E-state index >= 15 is 0 Å². The summed E-state index contributed by atoms with van der Waals surface area (Å²) in [5, 5.41) is 0. The van der Waals surface area contributed by atoms with Crippen LogP contribution in [0.4, 0.5) is 43.9 Å². The van der Waals surface area contributed by atoms with Gasteiger partial charge in [0.2, 0.25) is 11.9 Å². The Labute approximate surface area is 190 Å². The van der Waals surface area contributed by atoms with E-state index < -0.39 is 30.1 Å². The maximum atomic E-state index is 13.2. The molecule has 0 amide bonds. The molecule has 0 unspecified atom stereocenters. The molecule has 2 N–H and O–H groups in total. The lowest BCUT2D eigenvalue weighted by atomic mass is 9.91. The first-order valence-corrected chi connectivity index (χ1v) is 10.3. The molecular weight excluding hydrogens is 464 g/mol. The Balaban J connectivity index is 1.62. The molecule has 4 rings (SSSR count). The lowest BCUT2D eigenvalue weighted by Crippen LogP contribution is -2.38. The van der Waals surface area contributed by atoms with Crippen molar-refractivity contribution in [3.8, 4) is 6.01 Å². The average Bonchev–Trinajstić information content (AvgIpc) is 2.73. The van der Waals surface area contributed by atoms with Crippen molar-refractivity contribution in [2.45, 2.75) is 44.3 Å². The number of benzene rings is 2. The van der Waals surface area contributed by atoms with Crippen molar-refractivity contribution in [2.75, 3.05) is 10.6 Å². The second kappa shape index (κ2) is 8.99. The Kier molecular flexibility index (Phi) is 6.24. The van der Waals surface area contributed by atoms with Gasteiger partial charge in [0.25, 0.3) is 0 Å². The predicted molar refractivity (Wildman–Crippen MR) is 111 cm³/mol. The third-order valence-electron chi connectivity index (χ3n) is 5.43. The van der Waals surface area contributed by atoms with Crippen LogP contribution in [0.1, 0.15) is 36.0 Å². The van der Waals surface area contributed by atoms with Crippen LogP contribution in [0.15, 0.2) is 48.5 Å². The summed E-state index contributed by atoms with van der Waals surface area (Å²) in [4.78, 5) is 13.8. The van der Waals surface area contributed by atoms with Gasteiger partial charge in [-0.05, 0) is 49.6 Å². The van der Waals surface area contributed by atoms with E-state index in [9.17, 15) is 26.3 Å². The fourth-order valence-corrected chi connectivity index (χ4v) is 3.54. The molecule has 0 bridgehead atoms. The monoisotopic (exact) mass is 483 g/mol. The molecule has 34 heavy (non-hydrogen) atoms. The van der Waals surface area contributed by atoms with Crippen molar-refractivity contribution < 1.29 is 31.1 Å². The molecule has 0 aliphatic heterocycles. The minimum absolute atomic E-state index is 0.0380. The lowest BCUT2D eigenvalue weighted by molar-refractivity contribution is -0.139. The molecule has 1 fully saturated rings. The van der Waals surface area contributed by atoms with E-state index in [0.717, 1.165) is 37.5 Å². The fourth-order valence-electron chi connectivity index (χ4n) is 3.54. The van der Waals surface area contributed by atoms with Gasteiger partial charge in [-0.3, -0.25) is 0 Å². The van der Waals surface area contributed by atoms with Gasteiger partial charge in [0.05, 0.1) is 11.1 Å². The van der Waals surface area contributed by atoms with Crippen LogP contribution in [-0.4, -0.2) is 21.0 Å². The SMILES string of the molecule is Nc1nc(OCc2ccccc2C(F)(F)F)nc(N(c2ccc(C(F)(F)F)cc2)C2CCC2)n1. The summed E-state index contributed by atoms with van der Waals surface area (Å²) in [7, 11) is 0. The largest absolute Gasteiger partial charge is 0.458 e. The van der Waals surface area contributed by atoms with Crippen LogP contribution in [0.2, 0.25) is 0 Å². The first kappa shape index (κ1) is 23.6.